The molecule has 2 heteroatoms. The van der Waals surface area contributed by atoms with Crippen molar-refractivity contribution in [2.24, 2.45) is 16.9 Å². The molecule has 0 aliphatic rings. The lowest BCUT2D eigenvalue weighted by Gasteiger charge is -2.33. The van der Waals surface area contributed by atoms with Crippen LogP contribution in [-0.2, 0) is 0 Å². The van der Waals surface area contributed by atoms with Crippen LogP contribution in [0.2, 0.25) is 0 Å². The Kier molecular flexibility index (Phi) is 4.34. The van der Waals surface area contributed by atoms with E-state index in [0.29, 0.717) is 6.54 Å². The van der Waals surface area contributed by atoms with Crippen molar-refractivity contribution in [2.75, 3.05) is 6.54 Å². The predicted molar refractivity (Wildman–Crippen MR) is 75.0 cm³/mol. The van der Waals surface area contributed by atoms with Gasteiger partial charge in [-0.25, -0.2) is 0 Å². The fraction of sp³-hybridized carbons (Fsp3) is 0.600. The zero-order valence-electron chi connectivity index (χ0n) is 11.8. The highest BCUT2D eigenvalue weighted by atomic mass is 14.7. The second-order valence-corrected chi connectivity index (χ2v) is 5.73. The van der Waals surface area contributed by atoms with E-state index in [0.717, 1.165) is 6.42 Å². The normalized spacial score (nSPS) is 13.8. The minimum absolute atomic E-state index is 0.0429. The van der Waals surface area contributed by atoms with Crippen LogP contribution in [0.1, 0.15) is 48.6 Å². The van der Waals surface area contributed by atoms with E-state index in [-0.39, 0.29) is 11.5 Å². The van der Waals surface area contributed by atoms with Gasteiger partial charge in [-0.05, 0) is 61.4 Å². The van der Waals surface area contributed by atoms with Crippen molar-refractivity contribution in [3.8, 4) is 0 Å². The molecule has 0 aromatic heterocycles. The quantitative estimate of drug-likeness (QED) is 0.841. The van der Waals surface area contributed by atoms with Crippen molar-refractivity contribution in [3.63, 3.8) is 0 Å². The van der Waals surface area contributed by atoms with E-state index in [1.54, 1.807) is 0 Å². The fourth-order valence-corrected chi connectivity index (χ4v) is 2.26. The average Bonchev–Trinajstić information content (AvgIpc) is 2.25. The molecular formula is C15H26N2. The van der Waals surface area contributed by atoms with Crippen molar-refractivity contribution in [3.05, 3.63) is 34.4 Å². The average molecular weight is 234 g/mol. The summed E-state index contributed by atoms with van der Waals surface area (Å²) < 4.78 is 0. The fourth-order valence-electron chi connectivity index (χ4n) is 2.26. The Labute approximate surface area is 105 Å². The van der Waals surface area contributed by atoms with Gasteiger partial charge in [-0.2, -0.15) is 0 Å². The molecule has 0 heterocycles. The first-order chi connectivity index (χ1) is 7.81. The standard InChI is InChI=1S/C15H26N2/c1-10-6-7-13(12(3)11(10)2)14(17)15(4,5)8-9-16/h6-7,14H,8-9,16-17H2,1-5H3. The number of nitrogens with two attached hydrogens (primary N) is 2. The van der Waals surface area contributed by atoms with Gasteiger partial charge in [0, 0.05) is 6.04 Å². The molecule has 0 aliphatic heterocycles. The van der Waals surface area contributed by atoms with Crippen LogP contribution < -0.4 is 11.5 Å². The van der Waals surface area contributed by atoms with Gasteiger partial charge < -0.3 is 11.5 Å². The van der Waals surface area contributed by atoms with Gasteiger partial charge in [0.1, 0.15) is 0 Å². The van der Waals surface area contributed by atoms with Crippen molar-refractivity contribution in [1.82, 2.24) is 0 Å². The molecular weight excluding hydrogens is 208 g/mol. The van der Waals surface area contributed by atoms with E-state index >= 15 is 0 Å². The van der Waals surface area contributed by atoms with Gasteiger partial charge in [-0.1, -0.05) is 26.0 Å². The van der Waals surface area contributed by atoms with E-state index in [4.69, 9.17) is 11.5 Å². The maximum atomic E-state index is 6.42. The Balaban J connectivity index is 3.13. The number of hydrogen-bond acceptors (Lipinski definition) is 2. The van der Waals surface area contributed by atoms with Crippen molar-refractivity contribution in [2.45, 2.75) is 47.1 Å². The van der Waals surface area contributed by atoms with Gasteiger partial charge in [-0.3, -0.25) is 0 Å². The predicted octanol–water partition coefficient (Wildman–Crippen LogP) is 2.99. The lowest BCUT2D eigenvalue weighted by molar-refractivity contribution is 0.270. The Bertz CT molecular complexity index is 394. The smallest absolute Gasteiger partial charge is 0.0349 e. The topological polar surface area (TPSA) is 52.0 Å². The molecule has 17 heavy (non-hydrogen) atoms. The highest BCUT2D eigenvalue weighted by Crippen LogP contribution is 2.36. The molecule has 2 nitrogen and oxygen atoms in total. The van der Waals surface area contributed by atoms with Crippen molar-refractivity contribution < 1.29 is 0 Å². The van der Waals surface area contributed by atoms with Crippen LogP contribution in [0.4, 0.5) is 0 Å². The summed E-state index contributed by atoms with van der Waals surface area (Å²) in [4.78, 5) is 0. The number of benzene rings is 1. The Morgan fingerprint density at radius 1 is 1.12 bits per heavy atom. The first-order valence-electron chi connectivity index (χ1n) is 6.33. The highest BCUT2D eigenvalue weighted by molar-refractivity contribution is 5.40. The maximum Gasteiger partial charge on any atom is 0.0349 e. The third-order valence-electron chi connectivity index (χ3n) is 4.07. The summed E-state index contributed by atoms with van der Waals surface area (Å²) in [5.41, 5.74) is 17.4. The monoisotopic (exact) mass is 234 g/mol. The molecule has 4 N–H and O–H groups in total. The first-order valence-corrected chi connectivity index (χ1v) is 6.33. The number of rotatable bonds is 4. The lowest BCUT2D eigenvalue weighted by Crippen LogP contribution is -2.32. The third-order valence-corrected chi connectivity index (χ3v) is 4.07. The van der Waals surface area contributed by atoms with Gasteiger partial charge in [0.15, 0.2) is 0 Å². The van der Waals surface area contributed by atoms with Crippen LogP contribution in [-0.4, -0.2) is 6.54 Å². The minimum atomic E-state index is 0.0429. The molecule has 0 saturated carbocycles. The molecule has 0 radical (unpaired) electrons. The lowest BCUT2D eigenvalue weighted by atomic mass is 9.76. The zero-order chi connectivity index (χ0) is 13.2. The van der Waals surface area contributed by atoms with Crippen LogP contribution in [0, 0.1) is 26.2 Å². The van der Waals surface area contributed by atoms with E-state index in [2.05, 4.69) is 46.8 Å². The summed E-state index contributed by atoms with van der Waals surface area (Å²) in [5, 5.41) is 0. The number of hydrogen-bond donors (Lipinski definition) is 2. The summed E-state index contributed by atoms with van der Waals surface area (Å²) in [5.74, 6) is 0. The molecule has 0 aliphatic carbocycles. The van der Waals surface area contributed by atoms with Crippen LogP contribution in [0.15, 0.2) is 12.1 Å². The van der Waals surface area contributed by atoms with Crippen molar-refractivity contribution in [1.29, 1.82) is 0 Å². The van der Waals surface area contributed by atoms with Gasteiger partial charge in [0.25, 0.3) is 0 Å². The molecule has 0 fully saturated rings. The number of aryl methyl sites for hydroxylation is 1. The molecule has 0 bridgehead atoms. The molecule has 0 spiro atoms. The summed E-state index contributed by atoms with van der Waals surface area (Å²) >= 11 is 0. The summed E-state index contributed by atoms with van der Waals surface area (Å²) in [6.07, 6.45) is 0.945. The highest BCUT2D eigenvalue weighted by Gasteiger charge is 2.28. The summed E-state index contributed by atoms with van der Waals surface area (Å²) in [6, 6.07) is 4.38. The second kappa shape index (κ2) is 5.19. The zero-order valence-corrected chi connectivity index (χ0v) is 11.8. The molecule has 1 atom stereocenters. The molecule has 0 saturated heterocycles. The SMILES string of the molecule is Cc1ccc(C(N)C(C)(C)CCN)c(C)c1C. The van der Waals surface area contributed by atoms with Crippen LogP contribution in [0.25, 0.3) is 0 Å². The summed E-state index contributed by atoms with van der Waals surface area (Å²) in [6.45, 7) is 11.5. The molecule has 1 unspecified atom stereocenters. The molecule has 1 aromatic rings. The van der Waals surface area contributed by atoms with Gasteiger partial charge >= 0.3 is 0 Å². The van der Waals surface area contributed by atoms with E-state index in [1.165, 1.54) is 22.3 Å². The summed E-state index contributed by atoms with van der Waals surface area (Å²) in [7, 11) is 0. The third kappa shape index (κ3) is 2.88. The van der Waals surface area contributed by atoms with Gasteiger partial charge in [0.2, 0.25) is 0 Å². The van der Waals surface area contributed by atoms with E-state index < -0.39 is 0 Å². The second-order valence-electron chi connectivity index (χ2n) is 5.73. The van der Waals surface area contributed by atoms with Gasteiger partial charge in [0.05, 0.1) is 0 Å². The Morgan fingerprint density at radius 3 is 2.24 bits per heavy atom. The molecule has 1 aromatic carbocycles. The Hall–Kier alpha value is -0.860. The van der Waals surface area contributed by atoms with Crippen LogP contribution in [0.5, 0.6) is 0 Å². The van der Waals surface area contributed by atoms with Crippen molar-refractivity contribution >= 4 is 0 Å². The molecule has 96 valence electrons. The largest absolute Gasteiger partial charge is 0.330 e. The molecule has 1 rings (SSSR count). The van der Waals surface area contributed by atoms with E-state index in [9.17, 15) is 0 Å². The van der Waals surface area contributed by atoms with Crippen LogP contribution in [0.3, 0.4) is 0 Å². The maximum absolute atomic E-state index is 6.42. The first kappa shape index (κ1) is 14.2. The minimum Gasteiger partial charge on any atom is -0.330 e. The molecule has 0 amide bonds. The van der Waals surface area contributed by atoms with Crippen LogP contribution >= 0.6 is 0 Å². The van der Waals surface area contributed by atoms with E-state index in [1.807, 2.05) is 0 Å². The Morgan fingerprint density at radius 2 is 1.71 bits per heavy atom. The van der Waals surface area contributed by atoms with Gasteiger partial charge in [-0.15, -0.1) is 0 Å².